The third kappa shape index (κ3) is 6.15. The highest BCUT2D eigenvalue weighted by atomic mass is 16.5. The molecule has 7 heteroatoms. The number of nitrogens with zero attached hydrogens (tertiary/aromatic N) is 1. The average molecular weight is 291 g/mol. The van der Waals surface area contributed by atoms with E-state index >= 15 is 0 Å². The van der Waals surface area contributed by atoms with E-state index < -0.39 is 11.9 Å². The summed E-state index contributed by atoms with van der Waals surface area (Å²) in [6.45, 7) is 4.20. The Balaban J connectivity index is 2.05. The highest BCUT2D eigenvalue weighted by Crippen LogP contribution is 2.18. The molecule has 0 aromatic heterocycles. The second-order valence-electron chi connectivity index (χ2n) is 4.75. The van der Waals surface area contributed by atoms with E-state index in [4.69, 9.17) is 24.1 Å². The molecule has 118 valence electrons. The van der Waals surface area contributed by atoms with Crippen molar-refractivity contribution >= 4 is 5.97 Å². The molecule has 0 saturated carbocycles. The van der Waals surface area contributed by atoms with E-state index in [-0.39, 0.29) is 6.04 Å². The van der Waals surface area contributed by atoms with Gasteiger partial charge in [-0.25, -0.2) is 0 Å². The van der Waals surface area contributed by atoms with Crippen LogP contribution in [0, 0.1) is 5.92 Å². The Hall–Kier alpha value is -0.730. The van der Waals surface area contributed by atoms with Crippen LogP contribution in [-0.4, -0.2) is 89.0 Å². The Kier molecular flexibility index (Phi) is 8.72. The van der Waals surface area contributed by atoms with Crippen LogP contribution in [0.25, 0.3) is 0 Å². The van der Waals surface area contributed by atoms with Crippen LogP contribution >= 0.6 is 0 Å². The van der Waals surface area contributed by atoms with Gasteiger partial charge in [-0.05, 0) is 7.05 Å². The lowest BCUT2D eigenvalue weighted by molar-refractivity contribution is -0.143. The maximum absolute atomic E-state index is 11.1. The molecule has 1 aliphatic rings. The SMILES string of the molecule is COCCOCCOCCN(C)C1COCC1C(=O)O. The van der Waals surface area contributed by atoms with Gasteiger partial charge in [-0.15, -0.1) is 0 Å². The number of hydrogen-bond acceptors (Lipinski definition) is 6. The zero-order valence-electron chi connectivity index (χ0n) is 12.2. The molecule has 0 aromatic carbocycles. The highest BCUT2D eigenvalue weighted by Gasteiger charge is 2.36. The van der Waals surface area contributed by atoms with Gasteiger partial charge in [0.05, 0.1) is 52.2 Å². The van der Waals surface area contributed by atoms with Crippen molar-refractivity contribution in [1.82, 2.24) is 4.90 Å². The monoisotopic (exact) mass is 291 g/mol. The minimum absolute atomic E-state index is 0.0750. The van der Waals surface area contributed by atoms with Gasteiger partial charge in [0.25, 0.3) is 0 Å². The molecule has 1 aliphatic heterocycles. The third-order valence-corrected chi connectivity index (χ3v) is 3.33. The van der Waals surface area contributed by atoms with E-state index in [1.54, 1.807) is 7.11 Å². The Morgan fingerprint density at radius 3 is 2.50 bits per heavy atom. The molecule has 0 radical (unpaired) electrons. The van der Waals surface area contributed by atoms with Crippen molar-refractivity contribution in [2.75, 3.05) is 67.0 Å². The van der Waals surface area contributed by atoms with Gasteiger partial charge in [-0.1, -0.05) is 0 Å². The molecule has 2 atom stereocenters. The number of ether oxygens (including phenoxy) is 4. The fraction of sp³-hybridized carbons (Fsp3) is 0.923. The zero-order chi connectivity index (χ0) is 14.8. The smallest absolute Gasteiger partial charge is 0.310 e. The number of hydrogen-bond donors (Lipinski definition) is 1. The van der Waals surface area contributed by atoms with Crippen LogP contribution < -0.4 is 0 Å². The van der Waals surface area contributed by atoms with Crippen molar-refractivity contribution in [1.29, 1.82) is 0 Å². The number of carboxylic acids is 1. The van der Waals surface area contributed by atoms with E-state index in [2.05, 4.69) is 0 Å². The molecular formula is C13H25NO6. The maximum atomic E-state index is 11.1. The third-order valence-electron chi connectivity index (χ3n) is 3.33. The lowest BCUT2D eigenvalue weighted by atomic mass is 10.0. The van der Waals surface area contributed by atoms with Crippen LogP contribution in [0.15, 0.2) is 0 Å². The summed E-state index contributed by atoms with van der Waals surface area (Å²) in [7, 11) is 3.53. The van der Waals surface area contributed by atoms with Gasteiger partial charge >= 0.3 is 5.97 Å². The number of rotatable bonds is 11. The molecule has 20 heavy (non-hydrogen) atoms. The summed E-state index contributed by atoms with van der Waals surface area (Å²) in [5, 5.41) is 9.08. The molecule has 1 N–H and O–H groups in total. The second-order valence-corrected chi connectivity index (χ2v) is 4.75. The average Bonchev–Trinajstić information content (AvgIpc) is 2.91. The minimum Gasteiger partial charge on any atom is -0.481 e. The van der Waals surface area contributed by atoms with Crippen molar-refractivity contribution in [2.24, 2.45) is 5.92 Å². The molecule has 0 bridgehead atoms. The van der Waals surface area contributed by atoms with Crippen molar-refractivity contribution in [3.05, 3.63) is 0 Å². The van der Waals surface area contributed by atoms with Gasteiger partial charge in [-0.3, -0.25) is 9.69 Å². The number of aliphatic carboxylic acids is 1. The van der Waals surface area contributed by atoms with Crippen molar-refractivity contribution in [2.45, 2.75) is 6.04 Å². The van der Waals surface area contributed by atoms with Gasteiger partial charge in [0.15, 0.2) is 0 Å². The predicted molar refractivity (Wildman–Crippen MR) is 71.9 cm³/mol. The fourth-order valence-electron chi connectivity index (χ4n) is 2.05. The topological polar surface area (TPSA) is 77.5 Å². The first kappa shape index (κ1) is 17.3. The summed E-state index contributed by atoms with van der Waals surface area (Å²) >= 11 is 0. The number of carbonyl (C=O) groups is 1. The Morgan fingerprint density at radius 1 is 1.20 bits per heavy atom. The number of methoxy groups -OCH3 is 1. The van der Waals surface area contributed by atoms with Gasteiger partial charge in [-0.2, -0.15) is 0 Å². The van der Waals surface area contributed by atoms with Crippen molar-refractivity contribution in [3.63, 3.8) is 0 Å². The van der Waals surface area contributed by atoms with Gasteiger partial charge < -0.3 is 24.1 Å². The summed E-state index contributed by atoms with van der Waals surface area (Å²) < 4.78 is 20.8. The molecular weight excluding hydrogens is 266 g/mol. The lowest BCUT2D eigenvalue weighted by Crippen LogP contribution is -2.42. The zero-order valence-corrected chi connectivity index (χ0v) is 12.2. The summed E-state index contributed by atoms with van der Waals surface area (Å²) in [6.07, 6.45) is 0. The van der Waals surface area contributed by atoms with Gasteiger partial charge in [0, 0.05) is 19.7 Å². The molecule has 1 saturated heterocycles. The van der Waals surface area contributed by atoms with Crippen LogP contribution in [0.4, 0.5) is 0 Å². The van der Waals surface area contributed by atoms with Crippen molar-refractivity contribution < 1.29 is 28.8 Å². The first-order valence-corrected chi connectivity index (χ1v) is 6.82. The van der Waals surface area contributed by atoms with Crippen LogP contribution in [0.3, 0.4) is 0 Å². The van der Waals surface area contributed by atoms with Crippen LogP contribution in [0.5, 0.6) is 0 Å². The van der Waals surface area contributed by atoms with Crippen LogP contribution in [0.1, 0.15) is 0 Å². The first-order valence-electron chi connectivity index (χ1n) is 6.82. The quantitative estimate of drug-likeness (QED) is 0.524. The molecule has 7 nitrogen and oxygen atoms in total. The van der Waals surface area contributed by atoms with E-state index in [9.17, 15) is 4.79 Å². The van der Waals surface area contributed by atoms with E-state index in [1.165, 1.54) is 0 Å². The summed E-state index contributed by atoms with van der Waals surface area (Å²) in [4.78, 5) is 13.0. The normalized spacial score (nSPS) is 22.6. The summed E-state index contributed by atoms with van der Waals surface area (Å²) in [6, 6.07) is -0.0750. The van der Waals surface area contributed by atoms with Gasteiger partial charge in [0.2, 0.25) is 0 Å². The Morgan fingerprint density at radius 2 is 1.85 bits per heavy atom. The number of carboxylic acid groups (broad SMARTS) is 1. The molecule has 0 aromatic rings. The van der Waals surface area contributed by atoms with Crippen LogP contribution in [0.2, 0.25) is 0 Å². The second kappa shape index (κ2) is 10.1. The Labute approximate surface area is 119 Å². The summed E-state index contributed by atoms with van der Waals surface area (Å²) in [5.74, 6) is -1.25. The highest BCUT2D eigenvalue weighted by molar-refractivity contribution is 5.71. The van der Waals surface area contributed by atoms with E-state index in [0.29, 0.717) is 52.8 Å². The van der Waals surface area contributed by atoms with Crippen molar-refractivity contribution in [3.8, 4) is 0 Å². The maximum Gasteiger partial charge on any atom is 0.310 e. The van der Waals surface area contributed by atoms with E-state index in [1.807, 2.05) is 11.9 Å². The standard InChI is InChI=1S/C13H25NO6/c1-14(12-10-20-9-11(12)13(15)16)3-4-18-7-8-19-6-5-17-2/h11-12H,3-10H2,1-2H3,(H,15,16). The fourth-order valence-corrected chi connectivity index (χ4v) is 2.05. The predicted octanol–water partition coefficient (Wildman–Crippen LogP) is -0.303. The molecule has 0 amide bonds. The minimum atomic E-state index is -0.799. The van der Waals surface area contributed by atoms with E-state index in [0.717, 1.165) is 0 Å². The largest absolute Gasteiger partial charge is 0.481 e. The van der Waals surface area contributed by atoms with Gasteiger partial charge in [0.1, 0.15) is 0 Å². The molecule has 1 rings (SSSR count). The number of likely N-dealkylation sites (N-methyl/N-ethyl adjacent to an activating group) is 1. The molecule has 1 fully saturated rings. The lowest BCUT2D eigenvalue weighted by Gasteiger charge is -2.25. The molecule has 0 spiro atoms. The molecule has 0 aliphatic carbocycles. The summed E-state index contributed by atoms with van der Waals surface area (Å²) in [5.41, 5.74) is 0. The first-order chi connectivity index (χ1) is 9.66. The molecule has 2 unspecified atom stereocenters. The van der Waals surface area contributed by atoms with Crippen LogP contribution in [-0.2, 0) is 23.7 Å². The Bertz CT molecular complexity index is 276. The molecule has 1 heterocycles.